The minimum Gasteiger partial charge on any atom is -0.457 e. The number of rotatable bonds is 5. The fourth-order valence-electron chi connectivity index (χ4n) is 2.73. The van der Waals surface area contributed by atoms with Crippen LogP contribution in [0.2, 0.25) is 0 Å². The molecule has 7 nitrogen and oxygen atoms in total. The fraction of sp³-hybridized carbons (Fsp3) is 0.273. The van der Waals surface area contributed by atoms with Gasteiger partial charge < -0.3 is 9.47 Å². The van der Waals surface area contributed by atoms with Crippen LogP contribution in [0.5, 0.6) is 0 Å². The zero-order valence-corrected chi connectivity index (χ0v) is 17.5. The molecular weight excluding hydrogens is 427 g/mol. The Kier molecular flexibility index (Phi) is 6.33. The molecule has 0 fully saturated rings. The Labute approximate surface area is 181 Å². The standard InChI is InChI=1S/C22H20F3N3O4/c1-21(2,3)32-17(29)13-31-20(30)18-26-19(14-8-5-4-6-9-14)28(27-18)16-11-7-10-15(12-16)22(23,24)25/h4-12H,13H2,1-3H3. The van der Waals surface area contributed by atoms with Crippen LogP contribution < -0.4 is 0 Å². The molecule has 0 unspecified atom stereocenters. The summed E-state index contributed by atoms with van der Waals surface area (Å²) in [6.07, 6.45) is -4.56. The van der Waals surface area contributed by atoms with Crippen LogP contribution >= 0.6 is 0 Å². The molecule has 0 saturated heterocycles. The zero-order valence-electron chi connectivity index (χ0n) is 17.5. The van der Waals surface area contributed by atoms with E-state index in [1.165, 1.54) is 12.1 Å². The van der Waals surface area contributed by atoms with Gasteiger partial charge in [-0.15, -0.1) is 5.10 Å². The lowest BCUT2D eigenvalue weighted by atomic mass is 10.2. The number of carbonyl (C=O) groups is 2. The van der Waals surface area contributed by atoms with Gasteiger partial charge in [0.1, 0.15) is 5.60 Å². The molecule has 0 aliphatic carbocycles. The van der Waals surface area contributed by atoms with Crippen LogP contribution in [-0.2, 0) is 20.4 Å². The van der Waals surface area contributed by atoms with E-state index in [0.29, 0.717) is 5.56 Å². The van der Waals surface area contributed by atoms with Gasteiger partial charge >= 0.3 is 18.1 Å². The van der Waals surface area contributed by atoms with Crippen molar-refractivity contribution in [2.45, 2.75) is 32.5 Å². The lowest BCUT2D eigenvalue weighted by Gasteiger charge is -2.19. The molecule has 0 radical (unpaired) electrons. The largest absolute Gasteiger partial charge is 0.457 e. The van der Waals surface area contributed by atoms with Crippen molar-refractivity contribution in [1.82, 2.24) is 14.8 Å². The predicted octanol–water partition coefficient (Wildman–Crippen LogP) is 4.45. The molecule has 3 rings (SSSR count). The highest BCUT2D eigenvalue weighted by atomic mass is 19.4. The first kappa shape index (κ1) is 23.0. The molecule has 0 bridgehead atoms. The number of nitrogens with zero attached hydrogens (tertiary/aromatic N) is 3. The predicted molar refractivity (Wildman–Crippen MR) is 108 cm³/mol. The molecule has 1 aromatic heterocycles. The van der Waals surface area contributed by atoms with Gasteiger partial charge in [-0.1, -0.05) is 36.4 Å². The third kappa shape index (κ3) is 5.71. The Bertz CT molecular complexity index is 1120. The first-order valence-corrected chi connectivity index (χ1v) is 9.53. The summed E-state index contributed by atoms with van der Waals surface area (Å²) in [6.45, 7) is 4.33. The van der Waals surface area contributed by atoms with Crippen LogP contribution in [0.3, 0.4) is 0 Å². The van der Waals surface area contributed by atoms with Crippen LogP contribution in [0, 0.1) is 0 Å². The SMILES string of the molecule is CC(C)(C)OC(=O)COC(=O)c1nc(-c2ccccc2)n(-c2cccc(C(F)(F)F)c2)n1. The summed E-state index contributed by atoms with van der Waals surface area (Å²) >= 11 is 0. The molecule has 32 heavy (non-hydrogen) atoms. The normalized spacial score (nSPS) is 11.8. The Morgan fingerprint density at radius 2 is 1.69 bits per heavy atom. The average molecular weight is 447 g/mol. The van der Waals surface area contributed by atoms with Crippen molar-refractivity contribution in [1.29, 1.82) is 0 Å². The minimum absolute atomic E-state index is 0.0531. The van der Waals surface area contributed by atoms with Crippen LogP contribution in [-0.4, -0.2) is 38.9 Å². The van der Waals surface area contributed by atoms with Crippen LogP contribution in [0.25, 0.3) is 17.1 Å². The number of halogens is 3. The van der Waals surface area contributed by atoms with E-state index in [0.717, 1.165) is 16.8 Å². The quantitative estimate of drug-likeness (QED) is 0.538. The molecule has 0 amide bonds. The van der Waals surface area contributed by atoms with Crippen molar-refractivity contribution in [2.24, 2.45) is 0 Å². The monoisotopic (exact) mass is 447 g/mol. The second-order valence-corrected chi connectivity index (χ2v) is 7.75. The number of carbonyl (C=O) groups excluding carboxylic acids is 2. The van der Waals surface area contributed by atoms with Crippen molar-refractivity contribution in [3.05, 3.63) is 66.0 Å². The maximum absolute atomic E-state index is 13.2. The summed E-state index contributed by atoms with van der Waals surface area (Å²) < 4.78 is 50.6. The van der Waals surface area contributed by atoms with Crippen molar-refractivity contribution >= 4 is 11.9 Å². The van der Waals surface area contributed by atoms with E-state index in [1.807, 2.05) is 0 Å². The Morgan fingerprint density at radius 3 is 2.31 bits per heavy atom. The van der Waals surface area contributed by atoms with E-state index < -0.39 is 41.7 Å². The van der Waals surface area contributed by atoms with E-state index in [-0.39, 0.29) is 11.5 Å². The summed E-state index contributed by atoms with van der Waals surface area (Å²) in [7, 11) is 0. The molecule has 0 N–H and O–H groups in total. The third-order valence-electron chi connectivity index (χ3n) is 3.98. The highest BCUT2D eigenvalue weighted by Crippen LogP contribution is 2.31. The maximum Gasteiger partial charge on any atom is 0.416 e. The van der Waals surface area contributed by atoms with Gasteiger partial charge in [-0.3, -0.25) is 0 Å². The highest BCUT2D eigenvalue weighted by molar-refractivity contribution is 5.87. The Morgan fingerprint density at radius 1 is 1.00 bits per heavy atom. The number of ether oxygens (including phenoxy) is 2. The second kappa shape index (κ2) is 8.81. The number of benzene rings is 2. The van der Waals surface area contributed by atoms with E-state index in [4.69, 9.17) is 9.47 Å². The molecular formula is C22H20F3N3O4. The van der Waals surface area contributed by atoms with E-state index in [1.54, 1.807) is 51.1 Å². The van der Waals surface area contributed by atoms with Gasteiger partial charge in [0.05, 0.1) is 11.3 Å². The van der Waals surface area contributed by atoms with Crippen molar-refractivity contribution in [2.75, 3.05) is 6.61 Å². The first-order valence-electron chi connectivity index (χ1n) is 9.53. The number of hydrogen-bond acceptors (Lipinski definition) is 6. The number of aromatic nitrogens is 3. The van der Waals surface area contributed by atoms with Crippen LogP contribution in [0.15, 0.2) is 54.6 Å². The van der Waals surface area contributed by atoms with Crippen LogP contribution in [0.1, 0.15) is 37.0 Å². The molecule has 0 aliphatic rings. The lowest BCUT2D eigenvalue weighted by molar-refractivity contribution is -0.158. The Balaban J connectivity index is 1.94. The van der Waals surface area contributed by atoms with Crippen LogP contribution in [0.4, 0.5) is 13.2 Å². The number of alkyl halides is 3. The third-order valence-corrected chi connectivity index (χ3v) is 3.98. The molecule has 168 valence electrons. The number of esters is 2. The zero-order chi connectivity index (χ0) is 23.5. The fourth-order valence-corrected chi connectivity index (χ4v) is 2.73. The topological polar surface area (TPSA) is 83.3 Å². The minimum atomic E-state index is -4.56. The summed E-state index contributed by atoms with van der Waals surface area (Å²) in [5.74, 6) is -2.05. The van der Waals surface area contributed by atoms with Gasteiger partial charge in [-0.25, -0.2) is 19.3 Å². The van der Waals surface area contributed by atoms with Gasteiger partial charge in [0.15, 0.2) is 12.4 Å². The summed E-state index contributed by atoms with van der Waals surface area (Å²) in [5.41, 5.74) is -1.06. The maximum atomic E-state index is 13.2. The molecule has 0 aliphatic heterocycles. The van der Waals surface area contributed by atoms with E-state index in [2.05, 4.69) is 10.1 Å². The van der Waals surface area contributed by atoms with E-state index in [9.17, 15) is 22.8 Å². The van der Waals surface area contributed by atoms with E-state index >= 15 is 0 Å². The van der Waals surface area contributed by atoms with Crippen molar-refractivity contribution < 1.29 is 32.2 Å². The molecule has 0 spiro atoms. The molecule has 0 atom stereocenters. The van der Waals surface area contributed by atoms with Crippen molar-refractivity contribution in [3.8, 4) is 17.1 Å². The molecule has 10 heteroatoms. The highest BCUT2D eigenvalue weighted by Gasteiger charge is 2.31. The summed E-state index contributed by atoms with van der Waals surface area (Å²) in [5, 5.41) is 4.04. The Hall–Kier alpha value is -3.69. The van der Waals surface area contributed by atoms with Gasteiger partial charge in [0, 0.05) is 5.56 Å². The smallest absolute Gasteiger partial charge is 0.416 e. The van der Waals surface area contributed by atoms with Crippen molar-refractivity contribution in [3.63, 3.8) is 0 Å². The average Bonchev–Trinajstić information content (AvgIpc) is 3.16. The molecule has 3 aromatic rings. The molecule has 1 heterocycles. The van der Waals surface area contributed by atoms with Gasteiger partial charge in [0.25, 0.3) is 5.82 Å². The first-order chi connectivity index (χ1) is 14.9. The second-order valence-electron chi connectivity index (χ2n) is 7.75. The summed E-state index contributed by atoms with van der Waals surface area (Å²) in [6, 6.07) is 13.0. The van der Waals surface area contributed by atoms with Gasteiger partial charge in [-0.05, 0) is 39.0 Å². The molecule has 2 aromatic carbocycles. The summed E-state index contributed by atoms with van der Waals surface area (Å²) in [4.78, 5) is 28.4. The van der Waals surface area contributed by atoms with Gasteiger partial charge in [-0.2, -0.15) is 13.2 Å². The lowest BCUT2D eigenvalue weighted by Crippen LogP contribution is -2.27. The number of hydrogen-bond donors (Lipinski definition) is 0. The molecule has 0 saturated carbocycles. The van der Waals surface area contributed by atoms with Gasteiger partial charge in [0.2, 0.25) is 0 Å².